The minimum Gasteiger partial charge on any atom is -0.392 e. The standard InChI is InChI=1S/C26H42O4/c1-17(2)16-21-24-20(10-11-22(27)19-8-6-5-7-9-19)23(28)12-13-25(24,18(3)4)26(21)29-14-15-30-26/h17-24,27-28H,5-9,12-16H2,1-4H3/t20-,21?,22+,23+,24-,25+/m0/s1. The fourth-order valence-electron chi connectivity index (χ4n) is 7.53. The molecule has 4 aliphatic rings. The smallest absolute Gasteiger partial charge is 0.177 e. The summed E-state index contributed by atoms with van der Waals surface area (Å²) in [5, 5.41) is 21.8. The van der Waals surface area contributed by atoms with Crippen LogP contribution in [0.4, 0.5) is 0 Å². The summed E-state index contributed by atoms with van der Waals surface area (Å²) in [6, 6.07) is 0. The average molecular weight is 419 g/mol. The van der Waals surface area contributed by atoms with Crippen LogP contribution in [-0.4, -0.2) is 41.4 Å². The first kappa shape index (κ1) is 22.6. The molecule has 30 heavy (non-hydrogen) atoms. The maximum atomic E-state index is 11.0. The van der Waals surface area contributed by atoms with Crippen LogP contribution in [0.2, 0.25) is 0 Å². The maximum absolute atomic E-state index is 11.0. The second-order valence-electron chi connectivity index (χ2n) is 11.1. The van der Waals surface area contributed by atoms with Crippen molar-refractivity contribution in [3.8, 4) is 11.8 Å². The predicted molar refractivity (Wildman–Crippen MR) is 117 cm³/mol. The Bertz CT molecular complexity index is 650. The summed E-state index contributed by atoms with van der Waals surface area (Å²) in [5.41, 5.74) is -0.0998. The Balaban J connectivity index is 1.65. The van der Waals surface area contributed by atoms with E-state index in [0.717, 1.165) is 32.1 Å². The monoisotopic (exact) mass is 418 g/mol. The zero-order valence-electron chi connectivity index (χ0n) is 19.4. The minimum atomic E-state index is -0.565. The number of hydrogen-bond donors (Lipinski definition) is 2. The van der Waals surface area contributed by atoms with Gasteiger partial charge in [-0.15, -0.1) is 0 Å². The molecule has 1 spiro atoms. The Morgan fingerprint density at radius 3 is 2.27 bits per heavy atom. The molecular formula is C26H42O4. The van der Waals surface area contributed by atoms with Crippen molar-refractivity contribution in [2.45, 2.75) is 97.1 Å². The third kappa shape index (κ3) is 3.45. The highest BCUT2D eigenvalue weighted by Gasteiger charge is 2.78. The molecule has 4 heteroatoms. The van der Waals surface area contributed by atoms with E-state index in [1.807, 2.05) is 0 Å². The maximum Gasteiger partial charge on any atom is 0.177 e. The zero-order chi connectivity index (χ0) is 21.5. The molecule has 3 aliphatic carbocycles. The van der Waals surface area contributed by atoms with Crippen molar-refractivity contribution in [3.05, 3.63) is 0 Å². The van der Waals surface area contributed by atoms with Gasteiger partial charge in [-0.1, -0.05) is 58.8 Å². The first-order valence-corrected chi connectivity index (χ1v) is 12.5. The van der Waals surface area contributed by atoms with Gasteiger partial charge in [0.15, 0.2) is 5.79 Å². The predicted octanol–water partition coefficient (Wildman–Crippen LogP) is 4.38. The van der Waals surface area contributed by atoms with Crippen LogP contribution in [-0.2, 0) is 9.47 Å². The third-order valence-corrected chi connectivity index (χ3v) is 8.79. The van der Waals surface area contributed by atoms with Crippen LogP contribution in [0.15, 0.2) is 0 Å². The molecule has 0 aromatic rings. The Kier molecular flexibility index (Phi) is 6.58. The van der Waals surface area contributed by atoms with E-state index in [2.05, 4.69) is 39.5 Å². The van der Waals surface area contributed by atoms with Gasteiger partial charge in [0.25, 0.3) is 0 Å². The van der Waals surface area contributed by atoms with E-state index in [1.54, 1.807) is 0 Å². The fraction of sp³-hybridized carbons (Fsp3) is 0.923. The summed E-state index contributed by atoms with van der Waals surface area (Å²) in [7, 11) is 0. The molecular weight excluding hydrogens is 376 g/mol. The van der Waals surface area contributed by atoms with Gasteiger partial charge in [-0.25, -0.2) is 0 Å². The summed E-state index contributed by atoms with van der Waals surface area (Å²) < 4.78 is 12.9. The quantitative estimate of drug-likeness (QED) is 0.665. The van der Waals surface area contributed by atoms with E-state index >= 15 is 0 Å². The summed E-state index contributed by atoms with van der Waals surface area (Å²) in [6.07, 6.45) is 7.50. The summed E-state index contributed by atoms with van der Waals surface area (Å²) in [6.45, 7) is 10.4. The Morgan fingerprint density at radius 2 is 1.67 bits per heavy atom. The summed E-state index contributed by atoms with van der Waals surface area (Å²) in [4.78, 5) is 0. The van der Waals surface area contributed by atoms with E-state index in [0.29, 0.717) is 31.0 Å². The molecule has 170 valence electrons. The number of fused-ring (bicyclic) bond motifs is 2. The van der Waals surface area contributed by atoms with Gasteiger partial charge in [-0.2, -0.15) is 0 Å². The molecule has 0 bridgehead atoms. The number of rotatable bonds is 4. The largest absolute Gasteiger partial charge is 0.392 e. The highest BCUT2D eigenvalue weighted by Crippen LogP contribution is 2.73. The minimum absolute atomic E-state index is 0.0998. The Morgan fingerprint density at radius 1 is 1.00 bits per heavy atom. The second kappa shape index (κ2) is 8.74. The Labute approximate surface area is 183 Å². The number of aliphatic hydroxyl groups excluding tert-OH is 2. The average Bonchev–Trinajstić information content (AvgIpc) is 3.24. The van der Waals surface area contributed by atoms with E-state index < -0.39 is 18.0 Å². The molecule has 0 aromatic heterocycles. The van der Waals surface area contributed by atoms with Crippen molar-refractivity contribution >= 4 is 0 Å². The lowest BCUT2D eigenvalue weighted by molar-refractivity contribution is -0.405. The molecule has 1 unspecified atom stereocenters. The van der Waals surface area contributed by atoms with Gasteiger partial charge < -0.3 is 19.7 Å². The van der Waals surface area contributed by atoms with Crippen LogP contribution in [0.25, 0.3) is 0 Å². The lowest BCUT2D eigenvalue weighted by atomic mass is 9.37. The van der Waals surface area contributed by atoms with Crippen molar-refractivity contribution in [1.82, 2.24) is 0 Å². The molecule has 4 nitrogen and oxygen atoms in total. The third-order valence-electron chi connectivity index (χ3n) is 8.79. The molecule has 4 fully saturated rings. The van der Waals surface area contributed by atoms with E-state index in [1.165, 1.54) is 19.3 Å². The van der Waals surface area contributed by atoms with Gasteiger partial charge in [-0.3, -0.25) is 0 Å². The summed E-state index contributed by atoms with van der Waals surface area (Å²) in [5.74, 6) is 7.74. The topological polar surface area (TPSA) is 58.9 Å². The van der Waals surface area contributed by atoms with Crippen LogP contribution >= 0.6 is 0 Å². The van der Waals surface area contributed by atoms with E-state index in [-0.39, 0.29) is 23.2 Å². The first-order valence-electron chi connectivity index (χ1n) is 12.5. The first-order chi connectivity index (χ1) is 14.3. The van der Waals surface area contributed by atoms with Crippen molar-refractivity contribution in [2.24, 2.45) is 40.9 Å². The van der Waals surface area contributed by atoms with Gasteiger partial charge in [0.2, 0.25) is 0 Å². The number of ether oxygens (including phenoxy) is 2. The fourth-order valence-corrected chi connectivity index (χ4v) is 7.53. The van der Waals surface area contributed by atoms with Gasteiger partial charge >= 0.3 is 0 Å². The molecule has 1 heterocycles. The van der Waals surface area contributed by atoms with Crippen LogP contribution in [0.3, 0.4) is 0 Å². The van der Waals surface area contributed by atoms with Crippen molar-refractivity contribution in [3.63, 3.8) is 0 Å². The van der Waals surface area contributed by atoms with Gasteiger partial charge in [-0.05, 0) is 55.8 Å². The van der Waals surface area contributed by atoms with Crippen LogP contribution < -0.4 is 0 Å². The van der Waals surface area contributed by atoms with Gasteiger partial charge in [0, 0.05) is 11.3 Å². The zero-order valence-corrected chi connectivity index (χ0v) is 19.4. The second-order valence-corrected chi connectivity index (χ2v) is 11.1. The Hall–Kier alpha value is -0.600. The highest BCUT2D eigenvalue weighted by atomic mass is 16.7. The molecule has 2 N–H and O–H groups in total. The van der Waals surface area contributed by atoms with Crippen LogP contribution in [0, 0.1) is 52.8 Å². The molecule has 0 radical (unpaired) electrons. The SMILES string of the molecule is CC(C)CC1[C@@H]2[C@@H](C#C[C@@H](O)C3CCCCC3)[C@H](O)CC[C@]2(C(C)C)C12OCCO2. The lowest BCUT2D eigenvalue weighted by Gasteiger charge is -2.72. The molecule has 6 atom stereocenters. The molecule has 0 amide bonds. The van der Waals surface area contributed by atoms with E-state index in [9.17, 15) is 10.2 Å². The molecule has 1 saturated heterocycles. The lowest BCUT2D eigenvalue weighted by Crippen LogP contribution is -2.77. The normalized spacial score (nSPS) is 39.5. The molecule has 0 aromatic carbocycles. The molecule has 1 aliphatic heterocycles. The molecule has 3 saturated carbocycles. The van der Waals surface area contributed by atoms with E-state index in [4.69, 9.17) is 9.47 Å². The van der Waals surface area contributed by atoms with Crippen LogP contribution in [0.5, 0.6) is 0 Å². The van der Waals surface area contributed by atoms with Crippen molar-refractivity contribution in [2.75, 3.05) is 13.2 Å². The van der Waals surface area contributed by atoms with Gasteiger partial charge in [0.05, 0.1) is 25.2 Å². The van der Waals surface area contributed by atoms with Crippen molar-refractivity contribution in [1.29, 1.82) is 0 Å². The van der Waals surface area contributed by atoms with Gasteiger partial charge in [0.1, 0.15) is 6.10 Å². The number of aliphatic hydroxyl groups is 2. The van der Waals surface area contributed by atoms with Crippen molar-refractivity contribution < 1.29 is 19.7 Å². The van der Waals surface area contributed by atoms with Crippen LogP contribution in [0.1, 0.15) is 79.1 Å². The molecule has 4 rings (SSSR count). The highest BCUT2D eigenvalue weighted by molar-refractivity contribution is 5.26. The number of hydrogen-bond acceptors (Lipinski definition) is 4. The summed E-state index contributed by atoms with van der Waals surface area (Å²) >= 11 is 0.